The first-order valence-corrected chi connectivity index (χ1v) is 12.5. The van der Waals surface area contributed by atoms with Crippen molar-refractivity contribution in [2.75, 3.05) is 17.3 Å². The summed E-state index contributed by atoms with van der Waals surface area (Å²) in [5.41, 5.74) is 0.407. The summed E-state index contributed by atoms with van der Waals surface area (Å²) in [6.07, 6.45) is 9.01. The Labute approximate surface area is 181 Å². The number of para-hydroxylation sites is 1. The van der Waals surface area contributed by atoms with Gasteiger partial charge in [0, 0.05) is 23.3 Å². The summed E-state index contributed by atoms with van der Waals surface area (Å²) in [4.78, 5) is 42.4. The zero-order valence-corrected chi connectivity index (χ0v) is 18.2. The summed E-state index contributed by atoms with van der Waals surface area (Å²) in [6, 6.07) is 7.38. The van der Waals surface area contributed by atoms with Crippen LogP contribution >= 0.6 is 11.8 Å². The lowest BCUT2D eigenvalue weighted by Gasteiger charge is -2.32. The third-order valence-corrected chi connectivity index (χ3v) is 8.12. The van der Waals surface area contributed by atoms with Crippen molar-refractivity contribution in [3.63, 3.8) is 0 Å². The highest BCUT2D eigenvalue weighted by Gasteiger charge is 2.70. The Balaban J connectivity index is 1.58. The number of rotatable bonds is 4. The second kappa shape index (κ2) is 7.68. The lowest BCUT2D eigenvalue weighted by molar-refractivity contribution is -0.145. The van der Waals surface area contributed by atoms with Gasteiger partial charge in [-0.3, -0.25) is 24.6 Å². The lowest BCUT2D eigenvalue weighted by atomic mass is 9.76. The first kappa shape index (κ1) is 20.1. The number of anilines is 1. The molecule has 0 unspecified atom stereocenters. The van der Waals surface area contributed by atoms with Gasteiger partial charge in [-0.2, -0.15) is 11.8 Å². The average Bonchev–Trinajstić information content (AvgIpc) is 3.21. The van der Waals surface area contributed by atoms with Crippen LogP contribution in [0.5, 0.6) is 0 Å². The molecule has 0 aromatic heterocycles. The molecule has 2 N–H and O–H groups in total. The summed E-state index contributed by atoms with van der Waals surface area (Å²) in [5, 5.41) is 6.48. The van der Waals surface area contributed by atoms with Crippen LogP contribution in [0.2, 0.25) is 0 Å². The fourth-order valence-corrected chi connectivity index (χ4v) is 6.64. The molecular weight excluding hydrogens is 398 g/mol. The van der Waals surface area contributed by atoms with E-state index in [-0.39, 0.29) is 29.8 Å². The van der Waals surface area contributed by atoms with Crippen molar-refractivity contribution in [3.8, 4) is 0 Å². The highest BCUT2D eigenvalue weighted by Crippen LogP contribution is 2.54. The van der Waals surface area contributed by atoms with Crippen molar-refractivity contribution in [3.05, 3.63) is 29.8 Å². The second-order valence-electron chi connectivity index (χ2n) is 9.04. The molecule has 1 aromatic carbocycles. The number of amides is 3. The molecule has 3 aliphatic heterocycles. The zero-order chi connectivity index (χ0) is 20.9. The Morgan fingerprint density at radius 2 is 1.80 bits per heavy atom. The summed E-state index contributed by atoms with van der Waals surface area (Å²) in [5.74, 6) is -0.666. The third kappa shape index (κ3) is 2.78. The van der Waals surface area contributed by atoms with Crippen LogP contribution in [0.15, 0.2) is 24.3 Å². The van der Waals surface area contributed by atoms with Crippen LogP contribution in [-0.2, 0) is 19.9 Å². The maximum absolute atomic E-state index is 13.8. The molecule has 3 heterocycles. The van der Waals surface area contributed by atoms with Crippen molar-refractivity contribution in [2.24, 2.45) is 11.8 Å². The van der Waals surface area contributed by atoms with Gasteiger partial charge in [-0.05, 0) is 37.3 Å². The maximum Gasteiger partial charge on any atom is 0.250 e. The van der Waals surface area contributed by atoms with E-state index in [1.54, 1.807) is 16.7 Å². The number of imide groups is 1. The molecule has 0 bridgehead atoms. The van der Waals surface area contributed by atoms with Crippen molar-refractivity contribution < 1.29 is 14.4 Å². The van der Waals surface area contributed by atoms with Gasteiger partial charge in [-0.25, -0.2) is 0 Å². The van der Waals surface area contributed by atoms with Gasteiger partial charge >= 0.3 is 0 Å². The molecule has 4 atom stereocenters. The van der Waals surface area contributed by atoms with Gasteiger partial charge < -0.3 is 5.32 Å². The smallest absolute Gasteiger partial charge is 0.250 e. The Bertz CT molecular complexity index is 882. The number of likely N-dealkylation sites (tertiary alicyclic amines) is 1. The molecule has 5 rings (SSSR count). The van der Waals surface area contributed by atoms with Crippen LogP contribution in [0.4, 0.5) is 5.69 Å². The first-order chi connectivity index (χ1) is 14.6. The molecule has 4 aliphatic rings. The number of hydrogen-bond donors (Lipinski definition) is 2. The minimum absolute atomic E-state index is 0.0175. The first-order valence-electron chi connectivity index (χ1n) is 11.1. The molecule has 3 fully saturated rings. The monoisotopic (exact) mass is 427 g/mol. The van der Waals surface area contributed by atoms with Crippen molar-refractivity contribution >= 4 is 35.2 Å². The van der Waals surface area contributed by atoms with Gasteiger partial charge in [-0.15, -0.1) is 0 Å². The topological polar surface area (TPSA) is 78.5 Å². The van der Waals surface area contributed by atoms with E-state index in [9.17, 15) is 14.4 Å². The zero-order valence-electron chi connectivity index (χ0n) is 17.4. The Morgan fingerprint density at radius 3 is 2.53 bits per heavy atom. The van der Waals surface area contributed by atoms with Crippen LogP contribution < -0.4 is 10.6 Å². The molecule has 2 saturated heterocycles. The highest BCUT2D eigenvalue weighted by molar-refractivity contribution is 7.98. The lowest BCUT2D eigenvalue weighted by Crippen LogP contribution is -2.54. The van der Waals surface area contributed by atoms with E-state index in [1.807, 2.05) is 30.5 Å². The van der Waals surface area contributed by atoms with Crippen LogP contribution in [-0.4, -0.2) is 46.7 Å². The van der Waals surface area contributed by atoms with E-state index >= 15 is 0 Å². The number of hydrogen-bond acceptors (Lipinski definition) is 5. The molecule has 1 aliphatic carbocycles. The van der Waals surface area contributed by atoms with E-state index in [0.717, 1.165) is 61.9 Å². The fraction of sp³-hybridized carbons (Fsp3) is 0.609. The van der Waals surface area contributed by atoms with Crippen molar-refractivity contribution in [1.29, 1.82) is 0 Å². The summed E-state index contributed by atoms with van der Waals surface area (Å²) in [6.45, 7) is 0. The van der Waals surface area contributed by atoms with Gasteiger partial charge in [0.25, 0.3) is 0 Å². The van der Waals surface area contributed by atoms with Gasteiger partial charge in [0.1, 0.15) is 5.54 Å². The van der Waals surface area contributed by atoms with Crippen LogP contribution in [0, 0.1) is 11.8 Å². The van der Waals surface area contributed by atoms with Crippen LogP contribution in [0.3, 0.4) is 0 Å². The second-order valence-corrected chi connectivity index (χ2v) is 10.0. The van der Waals surface area contributed by atoms with Gasteiger partial charge in [-0.1, -0.05) is 43.9 Å². The van der Waals surface area contributed by atoms with Gasteiger partial charge in [0.05, 0.1) is 11.8 Å². The van der Waals surface area contributed by atoms with Crippen molar-refractivity contribution in [2.45, 2.75) is 62.6 Å². The fourth-order valence-electron chi connectivity index (χ4n) is 6.15. The minimum Gasteiger partial charge on any atom is -0.324 e. The molecule has 7 heteroatoms. The molecule has 1 spiro atoms. The van der Waals surface area contributed by atoms with E-state index in [0.29, 0.717) is 0 Å². The third-order valence-electron chi connectivity index (χ3n) is 7.48. The number of nitrogens with one attached hydrogen (secondary N) is 2. The summed E-state index contributed by atoms with van der Waals surface area (Å²) < 4.78 is 0. The number of benzene rings is 1. The Hall–Kier alpha value is -1.86. The number of fused-ring (bicyclic) bond motifs is 4. The number of carbonyl (C=O) groups excluding carboxylic acids is 3. The SMILES string of the molecule is CSCC[C@H]1N[C@@]2(C(=O)Nc3ccccc32)[C@H]2C(=O)N(C3CCCCCC3)C(=O)[C@H]12. The average molecular weight is 428 g/mol. The maximum atomic E-state index is 13.8. The van der Waals surface area contributed by atoms with E-state index < -0.39 is 17.4 Å². The summed E-state index contributed by atoms with van der Waals surface area (Å²) in [7, 11) is 0. The van der Waals surface area contributed by atoms with Crippen molar-refractivity contribution in [1.82, 2.24) is 10.2 Å². The molecule has 1 saturated carbocycles. The molecular formula is C23H29N3O3S. The number of nitrogens with zero attached hydrogens (tertiary/aromatic N) is 1. The van der Waals surface area contributed by atoms with E-state index in [2.05, 4.69) is 10.6 Å². The number of carbonyl (C=O) groups is 3. The minimum atomic E-state index is -1.14. The van der Waals surface area contributed by atoms with Gasteiger partial charge in [0.2, 0.25) is 17.7 Å². The molecule has 30 heavy (non-hydrogen) atoms. The van der Waals surface area contributed by atoms with E-state index in [1.165, 1.54) is 0 Å². The van der Waals surface area contributed by atoms with Crippen LogP contribution in [0.1, 0.15) is 50.5 Å². The van der Waals surface area contributed by atoms with Crippen LogP contribution in [0.25, 0.3) is 0 Å². The predicted molar refractivity (Wildman–Crippen MR) is 117 cm³/mol. The molecule has 160 valence electrons. The van der Waals surface area contributed by atoms with E-state index in [4.69, 9.17) is 0 Å². The summed E-state index contributed by atoms with van der Waals surface area (Å²) >= 11 is 1.72. The standard InChI is InChI=1S/C23H29N3O3S/c1-30-13-12-17-18-19(21(28)26(20(18)27)14-8-4-2-3-5-9-14)23(25-17)15-10-6-7-11-16(15)24-22(23)29/h6-7,10-11,14,17-19,25H,2-5,8-9,12-13H2,1H3,(H,24,29)/t17-,18-,19-,23-/m1/s1. The number of thioether (sulfide) groups is 1. The molecule has 6 nitrogen and oxygen atoms in total. The van der Waals surface area contributed by atoms with Gasteiger partial charge in [0.15, 0.2) is 0 Å². The highest BCUT2D eigenvalue weighted by atomic mass is 32.2. The Morgan fingerprint density at radius 1 is 1.07 bits per heavy atom. The predicted octanol–water partition coefficient (Wildman–Crippen LogP) is 2.88. The Kier molecular flexibility index (Phi) is 5.14. The quantitative estimate of drug-likeness (QED) is 0.571. The largest absolute Gasteiger partial charge is 0.324 e. The normalized spacial score (nSPS) is 33.7. The molecule has 1 aromatic rings. The molecule has 3 amide bonds. The molecule has 0 radical (unpaired) electrons.